The zero-order valence-electron chi connectivity index (χ0n) is 15.3. The van der Waals surface area contributed by atoms with Gasteiger partial charge in [0, 0.05) is 44.0 Å². The summed E-state index contributed by atoms with van der Waals surface area (Å²) in [6, 6.07) is 2.13. The van der Waals surface area contributed by atoms with Gasteiger partial charge in [-0.05, 0) is 46.1 Å². The van der Waals surface area contributed by atoms with Gasteiger partial charge in [-0.3, -0.25) is 20.0 Å². The summed E-state index contributed by atoms with van der Waals surface area (Å²) in [7, 11) is 1.73. The van der Waals surface area contributed by atoms with Crippen LogP contribution in [0.1, 0.15) is 45.2 Å². The van der Waals surface area contributed by atoms with Crippen molar-refractivity contribution in [2.24, 2.45) is 4.99 Å². The lowest BCUT2D eigenvalue weighted by Crippen LogP contribution is -2.47. The van der Waals surface area contributed by atoms with Crippen LogP contribution < -0.4 is 5.32 Å². The molecule has 7 heteroatoms. The molecule has 7 nitrogen and oxygen atoms in total. The number of amides is 1. The van der Waals surface area contributed by atoms with Gasteiger partial charge in [-0.25, -0.2) is 0 Å². The van der Waals surface area contributed by atoms with Crippen LogP contribution in [0.4, 0.5) is 5.88 Å². The smallest absolute Gasteiger partial charge is 0.244 e. The third-order valence-corrected chi connectivity index (χ3v) is 5.13. The summed E-state index contributed by atoms with van der Waals surface area (Å²) < 4.78 is 10.8. The van der Waals surface area contributed by atoms with E-state index in [9.17, 15) is 4.79 Å². The number of aliphatic imine (C=N–C) groups is 1. The van der Waals surface area contributed by atoms with Gasteiger partial charge in [0.25, 0.3) is 0 Å². The highest BCUT2D eigenvalue weighted by molar-refractivity contribution is 5.94. The molecular weight excluding hydrogens is 320 g/mol. The summed E-state index contributed by atoms with van der Waals surface area (Å²) in [4.78, 5) is 19.2. The molecular formula is C18H28N4O3. The van der Waals surface area contributed by atoms with E-state index in [1.807, 2.05) is 20.1 Å². The Balaban J connectivity index is 1.64. The molecule has 138 valence electrons. The minimum Gasteiger partial charge on any atom is -0.381 e. The average molecular weight is 348 g/mol. The lowest BCUT2D eigenvalue weighted by molar-refractivity contribution is -0.121. The number of carbonyl (C=O) groups excluding carboxylic acids is 1. The zero-order valence-corrected chi connectivity index (χ0v) is 15.3. The van der Waals surface area contributed by atoms with Gasteiger partial charge < -0.3 is 9.26 Å². The first-order valence-electron chi connectivity index (χ1n) is 9.06. The molecule has 3 heterocycles. The quantitative estimate of drug-likeness (QED) is 0.826. The molecule has 1 atom stereocenters. The van der Waals surface area contributed by atoms with E-state index in [-0.39, 0.29) is 17.4 Å². The molecule has 2 fully saturated rings. The van der Waals surface area contributed by atoms with E-state index >= 15 is 0 Å². The normalized spacial score (nSPS) is 23.4. The fourth-order valence-electron chi connectivity index (χ4n) is 3.76. The number of carbonyl (C=O) groups is 1. The monoisotopic (exact) mass is 348 g/mol. The highest BCUT2D eigenvalue weighted by Gasteiger charge is 2.36. The van der Waals surface area contributed by atoms with Crippen molar-refractivity contribution in [3.63, 3.8) is 0 Å². The number of nitrogens with zero attached hydrogens (tertiary/aromatic N) is 3. The van der Waals surface area contributed by atoms with Crippen molar-refractivity contribution in [1.29, 1.82) is 0 Å². The molecule has 1 aromatic rings. The van der Waals surface area contributed by atoms with Crippen molar-refractivity contribution >= 4 is 18.0 Å². The number of ether oxygens (including phenoxy) is 1. The maximum atomic E-state index is 12.8. The van der Waals surface area contributed by atoms with Gasteiger partial charge in [0.05, 0.1) is 11.7 Å². The van der Waals surface area contributed by atoms with Crippen molar-refractivity contribution in [1.82, 2.24) is 10.1 Å². The van der Waals surface area contributed by atoms with E-state index in [1.54, 1.807) is 13.1 Å². The molecule has 2 saturated heterocycles. The zero-order chi connectivity index (χ0) is 17.9. The van der Waals surface area contributed by atoms with E-state index in [2.05, 4.69) is 20.4 Å². The fourth-order valence-corrected chi connectivity index (χ4v) is 3.76. The van der Waals surface area contributed by atoms with Crippen LogP contribution in [0.2, 0.25) is 0 Å². The van der Waals surface area contributed by atoms with Crippen LogP contribution in [0, 0.1) is 0 Å². The number of rotatable bonds is 5. The molecule has 0 unspecified atom stereocenters. The third-order valence-electron chi connectivity index (χ3n) is 5.13. The van der Waals surface area contributed by atoms with Gasteiger partial charge >= 0.3 is 0 Å². The second-order valence-corrected chi connectivity index (χ2v) is 7.41. The fraction of sp³-hybridized carbons (Fsp3) is 0.722. The van der Waals surface area contributed by atoms with Gasteiger partial charge in [0.1, 0.15) is 0 Å². The molecule has 0 saturated carbocycles. The number of aromatic nitrogens is 1. The van der Waals surface area contributed by atoms with Crippen molar-refractivity contribution in [2.75, 3.05) is 32.1 Å². The minimum atomic E-state index is -0.331. The minimum absolute atomic E-state index is 0.00587. The van der Waals surface area contributed by atoms with Crippen LogP contribution in [-0.2, 0) is 14.9 Å². The average Bonchev–Trinajstić information content (AvgIpc) is 3.25. The van der Waals surface area contributed by atoms with Crippen molar-refractivity contribution in [2.45, 2.75) is 57.0 Å². The van der Waals surface area contributed by atoms with E-state index < -0.39 is 0 Å². The molecule has 1 N–H and O–H groups in total. The van der Waals surface area contributed by atoms with Gasteiger partial charge in [-0.2, -0.15) is 0 Å². The third kappa shape index (κ3) is 4.10. The standard InChI is InChI=1S/C18H28N4O3/c1-18(2,12-19-3)15-11-16(25-21-15)20-17(23)14-5-4-8-22(14)13-6-9-24-10-7-13/h11-14H,4-10H2,1-3H3,(H,20,23)/t14-/m0/s1. The lowest BCUT2D eigenvalue weighted by Gasteiger charge is -2.34. The largest absolute Gasteiger partial charge is 0.381 e. The second-order valence-electron chi connectivity index (χ2n) is 7.41. The van der Waals surface area contributed by atoms with Crippen LogP contribution in [0.3, 0.4) is 0 Å². The predicted octanol–water partition coefficient (Wildman–Crippen LogP) is 2.23. The number of likely N-dealkylation sites (tertiary alicyclic amines) is 1. The number of hydrogen-bond acceptors (Lipinski definition) is 6. The molecule has 0 radical (unpaired) electrons. The Morgan fingerprint density at radius 3 is 2.88 bits per heavy atom. The van der Waals surface area contributed by atoms with E-state index in [1.165, 1.54) is 0 Å². The van der Waals surface area contributed by atoms with Crippen molar-refractivity contribution in [3.05, 3.63) is 11.8 Å². The molecule has 2 aliphatic rings. The molecule has 0 aliphatic carbocycles. The molecule has 0 aromatic carbocycles. The summed E-state index contributed by atoms with van der Waals surface area (Å²) in [5, 5.41) is 6.99. The van der Waals surface area contributed by atoms with E-state index in [4.69, 9.17) is 9.26 Å². The highest BCUT2D eigenvalue weighted by Crippen LogP contribution is 2.27. The van der Waals surface area contributed by atoms with Crippen molar-refractivity contribution < 1.29 is 14.1 Å². The number of anilines is 1. The second kappa shape index (κ2) is 7.66. The SMILES string of the molecule is CN=CC(C)(C)c1cc(NC(=O)[C@@H]2CCCN2C2CCOCC2)on1. The van der Waals surface area contributed by atoms with Crippen LogP contribution in [0.5, 0.6) is 0 Å². The first-order valence-corrected chi connectivity index (χ1v) is 9.06. The number of hydrogen-bond donors (Lipinski definition) is 1. The summed E-state index contributed by atoms with van der Waals surface area (Å²) in [5.41, 5.74) is 0.420. The maximum Gasteiger partial charge on any atom is 0.244 e. The Labute approximate surface area is 148 Å². The molecule has 25 heavy (non-hydrogen) atoms. The van der Waals surface area contributed by atoms with Gasteiger partial charge in [-0.15, -0.1) is 0 Å². The summed E-state index contributed by atoms with van der Waals surface area (Å²) in [6.45, 7) is 6.56. The Hall–Kier alpha value is -1.73. The predicted molar refractivity (Wildman–Crippen MR) is 96.1 cm³/mol. The molecule has 3 rings (SSSR count). The Bertz CT molecular complexity index is 620. The Morgan fingerprint density at radius 1 is 1.40 bits per heavy atom. The maximum absolute atomic E-state index is 12.8. The highest BCUT2D eigenvalue weighted by atomic mass is 16.5. The Kier molecular flexibility index (Phi) is 5.54. The van der Waals surface area contributed by atoms with Crippen LogP contribution in [0.25, 0.3) is 0 Å². The summed E-state index contributed by atoms with van der Waals surface area (Å²) >= 11 is 0. The van der Waals surface area contributed by atoms with Crippen LogP contribution in [-0.4, -0.2) is 61.1 Å². The van der Waals surface area contributed by atoms with Gasteiger partial charge in [-0.1, -0.05) is 5.16 Å². The van der Waals surface area contributed by atoms with Gasteiger partial charge in [0.15, 0.2) is 0 Å². The topological polar surface area (TPSA) is 80.0 Å². The molecule has 1 aromatic heterocycles. The lowest BCUT2D eigenvalue weighted by atomic mass is 9.91. The first-order chi connectivity index (χ1) is 12.0. The molecule has 2 aliphatic heterocycles. The first kappa shape index (κ1) is 18.1. The summed E-state index contributed by atoms with van der Waals surface area (Å²) in [5.74, 6) is 0.394. The molecule has 1 amide bonds. The number of nitrogens with one attached hydrogen (secondary N) is 1. The molecule has 0 bridgehead atoms. The van der Waals surface area contributed by atoms with Crippen LogP contribution in [0.15, 0.2) is 15.6 Å². The van der Waals surface area contributed by atoms with Crippen LogP contribution >= 0.6 is 0 Å². The summed E-state index contributed by atoms with van der Waals surface area (Å²) in [6.07, 6.45) is 5.76. The molecule has 0 spiro atoms. The van der Waals surface area contributed by atoms with Gasteiger partial charge in [0.2, 0.25) is 11.8 Å². The van der Waals surface area contributed by atoms with E-state index in [0.29, 0.717) is 11.9 Å². The van der Waals surface area contributed by atoms with E-state index in [0.717, 1.165) is 51.1 Å². The van der Waals surface area contributed by atoms with Crippen molar-refractivity contribution in [3.8, 4) is 0 Å². The Morgan fingerprint density at radius 2 is 2.16 bits per heavy atom.